The number of methoxy groups -OCH3 is 1. The Hall–Kier alpha value is -1.43. The number of anilines is 2. The molecule has 0 unspecified atom stereocenters. The predicted octanol–water partition coefficient (Wildman–Crippen LogP) is 2.28. The third kappa shape index (κ3) is 2.70. The van der Waals surface area contributed by atoms with Crippen molar-refractivity contribution in [1.82, 2.24) is 4.90 Å². The summed E-state index contributed by atoms with van der Waals surface area (Å²) in [7, 11) is 5.07. The molecule has 1 fully saturated rings. The molecular formula is C14H23N3O2S. The largest absolute Gasteiger partial charge is 0.492 e. The number of amides is 1. The highest BCUT2D eigenvalue weighted by atomic mass is 32.1. The van der Waals surface area contributed by atoms with E-state index >= 15 is 0 Å². The Balaban J connectivity index is 2.33. The molecule has 0 spiro atoms. The fraction of sp³-hybridized carbons (Fsp3) is 0.643. The van der Waals surface area contributed by atoms with E-state index in [1.807, 2.05) is 0 Å². The number of thiophene rings is 1. The van der Waals surface area contributed by atoms with Crippen LogP contribution in [0.15, 0.2) is 0 Å². The SMILES string of the molecule is COc1c(N2CCC(C)CC2)sc(C(=O)N(C)C)c1N. The summed E-state index contributed by atoms with van der Waals surface area (Å²) in [6.07, 6.45) is 2.33. The van der Waals surface area contributed by atoms with Crippen molar-refractivity contribution in [2.45, 2.75) is 19.8 Å². The van der Waals surface area contributed by atoms with E-state index in [1.165, 1.54) is 11.3 Å². The van der Waals surface area contributed by atoms with Crippen LogP contribution in [0.25, 0.3) is 0 Å². The molecule has 1 aliphatic heterocycles. The van der Waals surface area contributed by atoms with Crippen molar-refractivity contribution in [2.75, 3.05) is 44.9 Å². The Labute approximate surface area is 124 Å². The lowest BCUT2D eigenvalue weighted by molar-refractivity contribution is 0.0833. The molecule has 0 aliphatic carbocycles. The van der Waals surface area contributed by atoms with E-state index in [1.54, 1.807) is 26.1 Å². The van der Waals surface area contributed by atoms with E-state index < -0.39 is 0 Å². The second-order valence-electron chi connectivity index (χ2n) is 5.55. The van der Waals surface area contributed by atoms with Gasteiger partial charge in [0.15, 0.2) is 5.75 Å². The van der Waals surface area contributed by atoms with Crippen LogP contribution in [-0.2, 0) is 0 Å². The van der Waals surface area contributed by atoms with Crippen molar-refractivity contribution in [1.29, 1.82) is 0 Å². The summed E-state index contributed by atoms with van der Waals surface area (Å²) in [6.45, 7) is 4.26. The first-order valence-electron chi connectivity index (χ1n) is 6.88. The van der Waals surface area contributed by atoms with Crippen molar-refractivity contribution in [3.8, 4) is 5.75 Å². The summed E-state index contributed by atoms with van der Waals surface area (Å²) in [5, 5.41) is 0.988. The Morgan fingerprint density at radius 3 is 2.50 bits per heavy atom. The Morgan fingerprint density at radius 2 is 2.00 bits per heavy atom. The normalized spacial score (nSPS) is 16.3. The highest BCUT2D eigenvalue weighted by Crippen LogP contribution is 2.46. The van der Waals surface area contributed by atoms with Crippen LogP contribution in [0, 0.1) is 5.92 Å². The van der Waals surface area contributed by atoms with Gasteiger partial charge < -0.3 is 20.3 Å². The molecule has 1 aliphatic rings. The fourth-order valence-corrected chi connectivity index (χ4v) is 3.66. The number of hydrogen-bond acceptors (Lipinski definition) is 5. The first kappa shape index (κ1) is 15.0. The van der Waals surface area contributed by atoms with Crippen molar-refractivity contribution in [3.63, 3.8) is 0 Å². The molecule has 2 N–H and O–H groups in total. The summed E-state index contributed by atoms with van der Waals surface area (Å²) >= 11 is 1.44. The molecule has 1 saturated heterocycles. The van der Waals surface area contributed by atoms with Gasteiger partial charge in [-0.15, -0.1) is 11.3 Å². The monoisotopic (exact) mass is 297 g/mol. The third-order valence-corrected chi connectivity index (χ3v) is 4.99. The summed E-state index contributed by atoms with van der Waals surface area (Å²) in [5.74, 6) is 1.34. The number of nitrogens with two attached hydrogens (primary N) is 1. The van der Waals surface area contributed by atoms with Gasteiger partial charge in [0.2, 0.25) is 0 Å². The number of hydrogen-bond donors (Lipinski definition) is 1. The minimum Gasteiger partial charge on any atom is -0.492 e. The van der Waals surface area contributed by atoms with E-state index in [0.717, 1.165) is 36.9 Å². The molecule has 0 saturated carbocycles. The van der Waals surface area contributed by atoms with Gasteiger partial charge in [-0.1, -0.05) is 6.92 Å². The maximum Gasteiger partial charge on any atom is 0.265 e. The number of nitrogens with zero attached hydrogens (tertiary/aromatic N) is 2. The van der Waals surface area contributed by atoms with E-state index in [2.05, 4.69) is 11.8 Å². The van der Waals surface area contributed by atoms with Crippen molar-refractivity contribution in [2.24, 2.45) is 5.92 Å². The second-order valence-corrected chi connectivity index (χ2v) is 6.55. The summed E-state index contributed by atoms with van der Waals surface area (Å²) in [6, 6.07) is 0. The second kappa shape index (κ2) is 5.91. The molecule has 112 valence electrons. The average molecular weight is 297 g/mol. The van der Waals surface area contributed by atoms with E-state index in [0.29, 0.717) is 16.3 Å². The summed E-state index contributed by atoms with van der Waals surface area (Å²) < 4.78 is 5.44. The highest BCUT2D eigenvalue weighted by molar-refractivity contribution is 7.19. The zero-order valence-electron chi connectivity index (χ0n) is 12.6. The maximum atomic E-state index is 12.2. The number of rotatable bonds is 3. The smallest absolute Gasteiger partial charge is 0.265 e. The molecule has 0 bridgehead atoms. The van der Waals surface area contributed by atoms with Crippen LogP contribution in [0.1, 0.15) is 29.4 Å². The van der Waals surface area contributed by atoms with Crippen molar-refractivity contribution in [3.05, 3.63) is 4.88 Å². The molecule has 6 heteroatoms. The summed E-state index contributed by atoms with van der Waals surface area (Å²) in [4.78, 5) is 16.6. The lowest BCUT2D eigenvalue weighted by Crippen LogP contribution is -2.32. The van der Waals surface area contributed by atoms with Crippen molar-refractivity contribution < 1.29 is 9.53 Å². The number of carbonyl (C=O) groups is 1. The number of ether oxygens (including phenoxy) is 1. The van der Waals surface area contributed by atoms with Gasteiger partial charge in [-0.2, -0.15) is 0 Å². The van der Waals surface area contributed by atoms with E-state index in [-0.39, 0.29) is 5.91 Å². The molecule has 1 aromatic heterocycles. The van der Waals surface area contributed by atoms with Crippen molar-refractivity contribution >= 4 is 27.9 Å². The maximum absolute atomic E-state index is 12.2. The van der Waals surface area contributed by atoms with Crippen LogP contribution < -0.4 is 15.4 Å². The molecule has 1 aromatic rings. The van der Waals surface area contributed by atoms with Gasteiger partial charge in [-0.05, 0) is 18.8 Å². The number of carbonyl (C=O) groups excluding carboxylic acids is 1. The minimum absolute atomic E-state index is 0.0672. The fourth-order valence-electron chi connectivity index (χ4n) is 2.40. The number of nitrogen functional groups attached to an aromatic ring is 1. The van der Waals surface area contributed by atoms with Gasteiger partial charge in [0.05, 0.1) is 7.11 Å². The molecule has 0 radical (unpaired) electrons. The topological polar surface area (TPSA) is 58.8 Å². The zero-order valence-corrected chi connectivity index (χ0v) is 13.4. The number of piperidine rings is 1. The Kier molecular flexibility index (Phi) is 4.42. The first-order valence-corrected chi connectivity index (χ1v) is 7.70. The van der Waals surface area contributed by atoms with Gasteiger partial charge >= 0.3 is 0 Å². The quantitative estimate of drug-likeness (QED) is 0.930. The van der Waals surface area contributed by atoms with Crippen LogP contribution in [0.4, 0.5) is 10.7 Å². The molecular weight excluding hydrogens is 274 g/mol. The standard InChI is InChI=1S/C14H23N3O2S/c1-9-5-7-17(8-6-9)14-11(19-4)10(15)12(20-14)13(18)16(2)3/h9H,5-8,15H2,1-4H3. The molecule has 5 nitrogen and oxygen atoms in total. The van der Waals surface area contributed by atoms with E-state index in [4.69, 9.17) is 10.5 Å². The van der Waals surface area contributed by atoms with Crippen LogP contribution in [0.5, 0.6) is 5.75 Å². The van der Waals surface area contributed by atoms with Gasteiger partial charge in [0.1, 0.15) is 15.6 Å². The average Bonchev–Trinajstić information content (AvgIpc) is 2.75. The highest BCUT2D eigenvalue weighted by Gasteiger charge is 2.27. The summed E-state index contributed by atoms with van der Waals surface area (Å²) in [5.41, 5.74) is 6.56. The first-order chi connectivity index (χ1) is 9.45. The predicted molar refractivity (Wildman–Crippen MR) is 83.9 cm³/mol. The lowest BCUT2D eigenvalue weighted by Gasteiger charge is -2.31. The minimum atomic E-state index is -0.0672. The molecule has 2 rings (SSSR count). The van der Waals surface area contributed by atoms with Gasteiger partial charge in [0.25, 0.3) is 5.91 Å². The third-order valence-electron chi connectivity index (χ3n) is 3.76. The molecule has 20 heavy (non-hydrogen) atoms. The van der Waals surface area contributed by atoms with Gasteiger partial charge in [-0.25, -0.2) is 0 Å². The van der Waals surface area contributed by atoms with Crippen LogP contribution in [0.3, 0.4) is 0 Å². The molecule has 0 atom stereocenters. The zero-order chi connectivity index (χ0) is 14.9. The molecule has 1 amide bonds. The van der Waals surface area contributed by atoms with Gasteiger partial charge in [0, 0.05) is 27.2 Å². The van der Waals surface area contributed by atoms with Crippen LogP contribution in [0.2, 0.25) is 0 Å². The molecule has 0 aromatic carbocycles. The van der Waals surface area contributed by atoms with Crippen LogP contribution >= 0.6 is 11.3 Å². The van der Waals surface area contributed by atoms with Crippen LogP contribution in [-0.4, -0.2) is 45.1 Å². The van der Waals surface area contributed by atoms with E-state index in [9.17, 15) is 4.79 Å². The Morgan fingerprint density at radius 1 is 1.40 bits per heavy atom. The van der Waals surface area contributed by atoms with Gasteiger partial charge in [-0.3, -0.25) is 4.79 Å². The molecule has 2 heterocycles. The lowest BCUT2D eigenvalue weighted by atomic mass is 9.99. The Bertz CT molecular complexity index is 491.